The maximum Gasteiger partial charge on any atom is 0.145 e. The predicted octanol–water partition coefficient (Wildman–Crippen LogP) is 1.60. The lowest BCUT2D eigenvalue weighted by atomic mass is 9.96. The van der Waals surface area contributed by atoms with Crippen LogP contribution in [0.15, 0.2) is 4.99 Å². The van der Waals surface area contributed by atoms with Crippen molar-refractivity contribution < 1.29 is 4.74 Å². The molecule has 0 bridgehead atoms. The summed E-state index contributed by atoms with van der Waals surface area (Å²) in [6.07, 6.45) is 4.20. The van der Waals surface area contributed by atoms with Gasteiger partial charge >= 0.3 is 0 Å². The third kappa shape index (κ3) is 1.79. The van der Waals surface area contributed by atoms with Gasteiger partial charge in [0.2, 0.25) is 0 Å². The Bertz CT molecular complexity index is 99.1. The minimum Gasteiger partial charge on any atom is -0.354 e. The maximum atomic E-state index is 5.41. The molecule has 0 amide bonds. The standard InChI is InChI=1S/C7H13NO/c1-6(8-2)9-7-4-3-5-7/h6-7H,2-5H2,1H3. The summed E-state index contributed by atoms with van der Waals surface area (Å²) in [5.41, 5.74) is 0. The third-order valence-electron chi connectivity index (χ3n) is 1.70. The highest BCUT2D eigenvalue weighted by Gasteiger charge is 2.19. The minimum absolute atomic E-state index is 0.00435. The van der Waals surface area contributed by atoms with E-state index in [9.17, 15) is 0 Å². The fraction of sp³-hybridized carbons (Fsp3) is 0.857. The number of aliphatic imine (C=N–C) groups is 1. The Morgan fingerprint density at radius 3 is 2.67 bits per heavy atom. The van der Waals surface area contributed by atoms with E-state index in [-0.39, 0.29) is 6.23 Å². The summed E-state index contributed by atoms with van der Waals surface area (Å²) < 4.78 is 5.41. The summed E-state index contributed by atoms with van der Waals surface area (Å²) in [7, 11) is 0. The van der Waals surface area contributed by atoms with Crippen molar-refractivity contribution >= 4 is 6.72 Å². The van der Waals surface area contributed by atoms with E-state index >= 15 is 0 Å². The molecule has 1 fully saturated rings. The summed E-state index contributed by atoms with van der Waals surface area (Å²) in [6, 6.07) is 0. The Balaban J connectivity index is 2.08. The van der Waals surface area contributed by atoms with E-state index < -0.39 is 0 Å². The van der Waals surface area contributed by atoms with Gasteiger partial charge in [-0.2, -0.15) is 0 Å². The van der Waals surface area contributed by atoms with Gasteiger partial charge in [-0.15, -0.1) is 0 Å². The van der Waals surface area contributed by atoms with Crippen LogP contribution in [0.4, 0.5) is 0 Å². The van der Waals surface area contributed by atoms with Crippen LogP contribution in [0.25, 0.3) is 0 Å². The summed E-state index contributed by atoms with van der Waals surface area (Å²) in [5, 5.41) is 0. The van der Waals surface area contributed by atoms with Crippen LogP contribution in [0.1, 0.15) is 26.2 Å². The molecule has 52 valence electrons. The topological polar surface area (TPSA) is 21.6 Å². The van der Waals surface area contributed by atoms with Crippen molar-refractivity contribution in [2.75, 3.05) is 0 Å². The molecule has 0 saturated heterocycles. The van der Waals surface area contributed by atoms with Crippen LogP contribution in [0, 0.1) is 0 Å². The average molecular weight is 127 g/mol. The summed E-state index contributed by atoms with van der Waals surface area (Å²) in [6.45, 7) is 5.32. The highest BCUT2D eigenvalue weighted by molar-refractivity contribution is 5.23. The molecule has 1 atom stereocenters. The molecule has 0 heterocycles. The van der Waals surface area contributed by atoms with Gasteiger partial charge < -0.3 is 4.74 Å². The molecule has 0 aromatic rings. The third-order valence-corrected chi connectivity index (χ3v) is 1.70. The molecule has 0 aliphatic heterocycles. The first kappa shape index (κ1) is 6.75. The lowest BCUT2D eigenvalue weighted by molar-refractivity contribution is -0.0383. The monoisotopic (exact) mass is 127 g/mol. The molecule has 2 nitrogen and oxygen atoms in total. The molecular formula is C7H13NO. The van der Waals surface area contributed by atoms with E-state index in [4.69, 9.17) is 4.74 Å². The van der Waals surface area contributed by atoms with Gasteiger partial charge in [0.1, 0.15) is 6.23 Å². The van der Waals surface area contributed by atoms with Gasteiger partial charge in [-0.05, 0) is 32.9 Å². The van der Waals surface area contributed by atoms with Crippen LogP contribution in [0.3, 0.4) is 0 Å². The molecule has 1 aliphatic carbocycles. The highest BCUT2D eigenvalue weighted by atomic mass is 16.5. The van der Waals surface area contributed by atoms with Gasteiger partial charge in [0.25, 0.3) is 0 Å². The van der Waals surface area contributed by atoms with Crippen LogP contribution >= 0.6 is 0 Å². The molecule has 1 saturated carbocycles. The van der Waals surface area contributed by atoms with Crippen LogP contribution in [0.5, 0.6) is 0 Å². The fourth-order valence-electron chi connectivity index (χ4n) is 0.828. The van der Waals surface area contributed by atoms with Gasteiger partial charge in [-0.1, -0.05) is 0 Å². The van der Waals surface area contributed by atoms with Gasteiger partial charge in [-0.3, -0.25) is 4.99 Å². The summed E-state index contributed by atoms with van der Waals surface area (Å²) in [5.74, 6) is 0. The number of rotatable bonds is 3. The van der Waals surface area contributed by atoms with Crippen molar-refractivity contribution in [1.29, 1.82) is 0 Å². The lowest BCUT2D eigenvalue weighted by Crippen LogP contribution is -2.25. The minimum atomic E-state index is -0.00435. The van der Waals surface area contributed by atoms with E-state index in [2.05, 4.69) is 11.7 Å². The van der Waals surface area contributed by atoms with E-state index in [1.807, 2.05) is 6.92 Å². The molecule has 0 radical (unpaired) electrons. The quantitative estimate of drug-likeness (QED) is 0.528. The van der Waals surface area contributed by atoms with Crippen molar-refractivity contribution in [2.45, 2.75) is 38.5 Å². The Hall–Kier alpha value is -0.370. The SMILES string of the molecule is C=NC(C)OC1CCC1. The second kappa shape index (κ2) is 2.97. The van der Waals surface area contributed by atoms with E-state index in [0.717, 1.165) is 0 Å². The second-order valence-corrected chi connectivity index (χ2v) is 2.47. The molecule has 1 unspecified atom stereocenters. The van der Waals surface area contributed by atoms with Crippen LogP contribution in [0.2, 0.25) is 0 Å². The molecule has 0 spiro atoms. The van der Waals surface area contributed by atoms with Crippen molar-refractivity contribution in [2.24, 2.45) is 4.99 Å². The Kier molecular flexibility index (Phi) is 2.22. The van der Waals surface area contributed by atoms with Gasteiger partial charge in [0.15, 0.2) is 0 Å². The molecular weight excluding hydrogens is 114 g/mol. The van der Waals surface area contributed by atoms with Crippen molar-refractivity contribution in [3.8, 4) is 0 Å². The summed E-state index contributed by atoms with van der Waals surface area (Å²) in [4.78, 5) is 3.74. The number of hydrogen-bond donors (Lipinski definition) is 0. The van der Waals surface area contributed by atoms with Crippen molar-refractivity contribution in [3.63, 3.8) is 0 Å². The molecule has 0 aromatic heterocycles. The number of hydrogen-bond acceptors (Lipinski definition) is 2. The summed E-state index contributed by atoms with van der Waals surface area (Å²) >= 11 is 0. The van der Waals surface area contributed by atoms with E-state index in [1.165, 1.54) is 19.3 Å². The van der Waals surface area contributed by atoms with Crippen LogP contribution in [-0.4, -0.2) is 19.0 Å². The van der Waals surface area contributed by atoms with Crippen molar-refractivity contribution in [1.82, 2.24) is 0 Å². The van der Waals surface area contributed by atoms with Crippen molar-refractivity contribution in [3.05, 3.63) is 0 Å². The van der Waals surface area contributed by atoms with Gasteiger partial charge in [0, 0.05) is 0 Å². The zero-order valence-corrected chi connectivity index (χ0v) is 5.84. The molecule has 2 heteroatoms. The Morgan fingerprint density at radius 1 is 1.67 bits per heavy atom. The maximum absolute atomic E-state index is 5.41. The molecule has 0 N–H and O–H groups in total. The highest BCUT2D eigenvalue weighted by Crippen LogP contribution is 2.23. The smallest absolute Gasteiger partial charge is 0.145 e. The lowest BCUT2D eigenvalue weighted by Gasteiger charge is -2.27. The zero-order chi connectivity index (χ0) is 6.69. The number of nitrogens with zero attached hydrogens (tertiary/aromatic N) is 1. The average Bonchev–Trinajstić information content (AvgIpc) is 1.78. The first-order valence-corrected chi connectivity index (χ1v) is 3.44. The molecule has 1 rings (SSSR count). The Morgan fingerprint density at radius 2 is 2.33 bits per heavy atom. The Labute approximate surface area is 55.9 Å². The predicted molar refractivity (Wildman–Crippen MR) is 37.7 cm³/mol. The molecule has 1 aliphatic rings. The molecule has 0 aromatic carbocycles. The van der Waals surface area contributed by atoms with E-state index in [0.29, 0.717) is 6.10 Å². The zero-order valence-electron chi connectivity index (χ0n) is 5.84. The fourth-order valence-corrected chi connectivity index (χ4v) is 0.828. The van der Waals surface area contributed by atoms with Gasteiger partial charge in [0.05, 0.1) is 6.10 Å². The van der Waals surface area contributed by atoms with Gasteiger partial charge in [-0.25, -0.2) is 0 Å². The number of ether oxygens (including phenoxy) is 1. The second-order valence-electron chi connectivity index (χ2n) is 2.47. The van der Waals surface area contributed by atoms with Crippen LogP contribution in [-0.2, 0) is 4.74 Å². The molecule has 9 heavy (non-hydrogen) atoms. The largest absolute Gasteiger partial charge is 0.354 e. The van der Waals surface area contributed by atoms with E-state index in [1.54, 1.807) is 0 Å². The first-order chi connectivity index (χ1) is 4.33. The first-order valence-electron chi connectivity index (χ1n) is 3.44. The normalized spacial score (nSPS) is 22.8. The van der Waals surface area contributed by atoms with Crippen LogP contribution < -0.4 is 0 Å².